The van der Waals surface area contributed by atoms with Crippen molar-refractivity contribution >= 4 is 17.5 Å². The Kier molecular flexibility index (Phi) is 6.30. The number of rotatable bonds is 7. The van der Waals surface area contributed by atoms with Gasteiger partial charge in [0.05, 0.1) is 13.2 Å². The highest BCUT2D eigenvalue weighted by Gasteiger charge is 2.10. The molecule has 0 aliphatic carbocycles. The van der Waals surface area contributed by atoms with E-state index in [0.29, 0.717) is 18.1 Å². The van der Waals surface area contributed by atoms with Crippen molar-refractivity contribution in [1.29, 1.82) is 0 Å². The maximum atomic E-state index is 12.2. The van der Waals surface area contributed by atoms with Crippen molar-refractivity contribution in [3.05, 3.63) is 48.3 Å². The minimum absolute atomic E-state index is 0.0514. The summed E-state index contributed by atoms with van der Waals surface area (Å²) in [6.45, 7) is 5.24. The summed E-state index contributed by atoms with van der Waals surface area (Å²) in [6, 6.07) is 9.04. The maximum absolute atomic E-state index is 12.2. The molecule has 0 atom stereocenters. The summed E-state index contributed by atoms with van der Waals surface area (Å²) in [4.78, 5) is 22.8. The Morgan fingerprint density at radius 2 is 1.84 bits per heavy atom. The molecule has 132 valence electrons. The summed E-state index contributed by atoms with van der Waals surface area (Å²) in [5.74, 6) is 0.479. The first kappa shape index (κ1) is 17.3. The number of carbonyl (C=O) groups excluding carboxylic acids is 1. The SMILES string of the molecule is O=C(NCCCN1CCOCC1)c1ccc(Nc2ncccn2)cc1. The summed E-state index contributed by atoms with van der Waals surface area (Å²) in [6.07, 6.45) is 4.29. The van der Waals surface area contributed by atoms with Gasteiger partial charge in [0.2, 0.25) is 5.95 Å². The molecular formula is C18H23N5O2. The van der Waals surface area contributed by atoms with Crippen LogP contribution in [0.4, 0.5) is 11.6 Å². The van der Waals surface area contributed by atoms with Crippen LogP contribution in [0.15, 0.2) is 42.7 Å². The first-order valence-corrected chi connectivity index (χ1v) is 8.54. The van der Waals surface area contributed by atoms with Crippen LogP contribution < -0.4 is 10.6 Å². The summed E-state index contributed by atoms with van der Waals surface area (Å²) < 4.78 is 5.32. The molecule has 0 radical (unpaired) electrons. The topological polar surface area (TPSA) is 79.4 Å². The number of amides is 1. The normalized spacial score (nSPS) is 14.9. The molecule has 25 heavy (non-hydrogen) atoms. The van der Waals surface area contributed by atoms with E-state index in [4.69, 9.17) is 4.74 Å². The number of anilines is 2. The lowest BCUT2D eigenvalue weighted by molar-refractivity contribution is 0.0374. The van der Waals surface area contributed by atoms with E-state index < -0.39 is 0 Å². The Balaban J connectivity index is 1.41. The highest BCUT2D eigenvalue weighted by molar-refractivity contribution is 5.94. The van der Waals surface area contributed by atoms with Crippen molar-refractivity contribution < 1.29 is 9.53 Å². The molecule has 1 aromatic carbocycles. The predicted octanol–water partition coefficient (Wildman–Crippen LogP) is 1.67. The van der Waals surface area contributed by atoms with E-state index in [1.807, 2.05) is 12.1 Å². The van der Waals surface area contributed by atoms with Crippen LogP contribution in [0, 0.1) is 0 Å². The van der Waals surface area contributed by atoms with Crippen LogP contribution in [-0.4, -0.2) is 60.2 Å². The molecule has 2 heterocycles. The largest absolute Gasteiger partial charge is 0.379 e. The number of aromatic nitrogens is 2. The van der Waals surface area contributed by atoms with Gasteiger partial charge in [0, 0.05) is 43.3 Å². The van der Waals surface area contributed by atoms with Gasteiger partial charge in [0.15, 0.2) is 0 Å². The average molecular weight is 341 g/mol. The van der Waals surface area contributed by atoms with Gasteiger partial charge >= 0.3 is 0 Å². The lowest BCUT2D eigenvalue weighted by Gasteiger charge is -2.26. The number of ether oxygens (including phenoxy) is 1. The van der Waals surface area contributed by atoms with Crippen molar-refractivity contribution in [2.24, 2.45) is 0 Å². The molecule has 1 amide bonds. The van der Waals surface area contributed by atoms with Gasteiger partial charge in [-0.25, -0.2) is 9.97 Å². The fourth-order valence-electron chi connectivity index (χ4n) is 2.63. The molecule has 2 N–H and O–H groups in total. The van der Waals surface area contributed by atoms with Crippen molar-refractivity contribution in [1.82, 2.24) is 20.2 Å². The van der Waals surface area contributed by atoms with E-state index in [0.717, 1.165) is 45.0 Å². The number of hydrogen-bond donors (Lipinski definition) is 2. The molecular weight excluding hydrogens is 318 g/mol. The number of morpholine rings is 1. The van der Waals surface area contributed by atoms with Gasteiger partial charge in [0.25, 0.3) is 5.91 Å². The molecule has 1 aliphatic heterocycles. The highest BCUT2D eigenvalue weighted by atomic mass is 16.5. The summed E-state index contributed by atoms with van der Waals surface area (Å²) in [5.41, 5.74) is 1.49. The van der Waals surface area contributed by atoms with Gasteiger partial charge in [-0.15, -0.1) is 0 Å². The minimum Gasteiger partial charge on any atom is -0.379 e. The highest BCUT2D eigenvalue weighted by Crippen LogP contribution is 2.13. The Labute approximate surface area is 147 Å². The molecule has 7 heteroatoms. The van der Waals surface area contributed by atoms with Crippen LogP contribution in [-0.2, 0) is 4.74 Å². The minimum atomic E-state index is -0.0514. The number of benzene rings is 1. The summed E-state index contributed by atoms with van der Waals surface area (Å²) in [7, 11) is 0. The van der Waals surface area contributed by atoms with Crippen molar-refractivity contribution in [2.45, 2.75) is 6.42 Å². The van der Waals surface area contributed by atoms with E-state index in [1.165, 1.54) is 0 Å². The fourth-order valence-corrected chi connectivity index (χ4v) is 2.63. The number of nitrogens with one attached hydrogen (secondary N) is 2. The molecule has 1 aromatic heterocycles. The third-order valence-electron chi connectivity index (χ3n) is 4.01. The van der Waals surface area contributed by atoms with Gasteiger partial charge in [-0.05, 0) is 43.3 Å². The van der Waals surface area contributed by atoms with Crippen molar-refractivity contribution in [2.75, 3.05) is 44.7 Å². The maximum Gasteiger partial charge on any atom is 0.251 e. The first-order valence-electron chi connectivity index (χ1n) is 8.54. The van der Waals surface area contributed by atoms with E-state index in [1.54, 1.807) is 30.6 Å². The Morgan fingerprint density at radius 1 is 1.12 bits per heavy atom. The van der Waals surface area contributed by atoms with Crippen molar-refractivity contribution in [3.8, 4) is 0 Å². The molecule has 7 nitrogen and oxygen atoms in total. The molecule has 0 bridgehead atoms. The fraction of sp³-hybridized carbons (Fsp3) is 0.389. The molecule has 2 aromatic rings. The van der Waals surface area contributed by atoms with Crippen LogP contribution in [0.25, 0.3) is 0 Å². The zero-order valence-electron chi connectivity index (χ0n) is 14.1. The van der Waals surface area contributed by atoms with Crippen LogP contribution in [0.3, 0.4) is 0 Å². The zero-order valence-corrected chi connectivity index (χ0v) is 14.1. The second-order valence-corrected chi connectivity index (χ2v) is 5.84. The van der Waals surface area contributed by atoms with Gasteiger partial charge in [-0.3, -0.25) is 9.69 Å². The first-order chi connectivity index (χ1) is 12.3. The molecule has 0 saturated carbocycles. The number of nitrogens with zero attached hydrogens (tertiary/aromatic N) is 3. The lowest BCUT2D eigenvalue weighted by Crippen LogP contribution is -2.38. The second-order valence-electron chi connectivity index (χ2n) is 5.84. The van der Waals surface area contributed by atoms with Crippen LogP contribution in [0.5, 0.6) is 0 Å². The summed E-state index contributed by atoms with van der Waals surface area (Å²) >= 11 is 0. The Morgan fingerprint density at radius 3 is 2.56 bits per heavy atom. The third kappa shape index (κ3) is 5.51. The summed E-state index contributed by atoms with van der Waals surface area (Å²) in [5, 5.41) is 6.05. The number of carbonyl (C=O) groups is 1. The van der Waals surface area contributed by atoms with Crippen molar-refractivity contribution in [3.63, 3.8) is 0 Å². The van der Waals surface area contributed by atoms with Crippen LogP contribution >= 0.6 is 0 Å². The van der Waals surface area contributed by atoms with E-state index in [9.17, 15) is 4.79 Å². The average Bonchev–Trinajstić information content (AvgIpc) is 2.67. The zero-order chi connectivity index (χ0) is 17.3. The van der Waals surface area contributed by atoms with Crippen LogP contribution in [0.1, 0.15) is 16.8 Å². The molecule has 0 unspecified atom stereocenters. The van der Waals surface area contributed by atoms with Gasteiger partial charge in [0.1, 0.15) is 0 Å². The lowest BCUT2D eigenvalue weighted by atomic mass is 10.2. The monoisotopic (exact) mass is 341 g/mol. The predicted molar refractivity (Wildman–Crippen MR) is 96.0 cm³/mol. The Bertz CT molecular complexity index is 657. The van der Waals surface area contributed by atoms with E-state index >= 15 is 0 Å². The van der Waals surface area contributed by atoms with E-state index in [2.05, 4.69) is 25.5 Å². The second kappa shape index (κ2) is 9.10. The molecule has 1 saturated heterocycles. The van der Waals surface area contributed by atoms with E-state index in [-0.39, 0.29) is 5.91 Å². The van der Waals surface area contributed by atoms with Gasteiger partial charge < -0.3 is 15.4 Å². The van der Waals surface area contributed by atoms with Crippen LogP contribution in [0.2, 0.25) is 0 Å². The number of hydrogen-bond acceptors (Lipinski definition) is 6. The Hall–Kier alpha value is -2.51. The standard InChI is InChI=1S/C18H23N5O2/c24-17(19-9-2-10-23-11-13-25-14-12-23)15-3-5-16(6-4-15)22-18-20-7-1-8-21-18/h1,3-8H,2,9-14H2,(H,19,24)(H,20,21,22). The third-order valence-corrected chi connectivity index (χ3v) is 4.01. The molecule has 1 fully saturated rings. The smallest absolute Gasteiger partial charge is 0.251 e. The van der Waals surface area contributed by atoms with Gasteiger partial charge in [-0.1, -0.05) is 0 Å². The molecule has 3 rings (SSSR count). The van der Waals surface area contributed by atoms with Gasteiger partial charge in [-0.2, -0.15) is 0 Å². The molecule has 1 aliphatic rings. The quantitative estimate of drug-likeness (QED) is 0.746. The molecule has 0 spiro atoms.